The zero-order chi connectivity index (χ0) is 14.0. The molecule has 0 fully saturated rings. The van der Waals surface area contributed by atoms with Gasteiger partial charge in [0.1, 0.15) is 0 Å². The Hall–Kier alpha value is -2.27. The van der Waals surface area contributed by atoms with Crippen molar-refractivity contribution in [3.8, 4) is 6.07 Å². The van der Waals surface area contributed by atoms with Crippen LogP contribution in [0.15, 0.2) is 36.4 Å². The van der Waals surface area contributed by atoms with Crippen molar-refractivity contribution in [3.05, 3.63) is 58.7 Å². The molecular formula is C17H18N2. The summed E-state index contributed by atoms with van der Waals surface area (Å²) in [6.07, 6.45) is 0. The van der Waals surface area contributed by atoms with Gasteiger partial charge in [0.05, 0.1) is 11.6 Å². The van der Waals surface area contributed by atoms with Crippen LogP contribution in [0.25, 0.3) is 0 Å². The third-order valence-electron chi connectivity index (χ3n) is 3.43. The number of anilines is 2. The second-order valence-corrected chi connectivity index (χ2v) is 4.96. The van der Waals surface area contributed by atoms with Gasteiger partial charge in [-0.1, -0.05) is 17.7 Å². The largest absolute Gasteiger partial charge is 0.344 e. The van der Waals surface area contributed by atoms with Gasteiger partial charge < -0.3 is 4.90 Å². The Bertz CT molecular complexity index is 651. The van der Waals surface area contributed by atoms with Gasteiger partial charge >= 0.3 is 0 Å². The molecule has 2 nitrogen and oxygen atoms in total. The third-order valence-corrected chi connectivity index (χ3v) is 3.43. The van der Waals surface area contributed by atoms with Crippen LogP contribution >= 0.6 is 0 Å². The predicted molar refractivity (Wildman–Crippen MR) is 79.9 cm³/mol. The average molecular weight is 250 g/mol. The lowest BCUT2D eigenvalue weighted by atomic mass is 10.1. The minimum atomic E-state index is 0.734. The van der Waals surface area contributed by atoms with Crippen molar-refractivity contribution in [2.24, 2.45) is 0 Å². The van der Waals surface area contributed by atoms with E-state index in [-0.39, 0.29) is 0 Å². The highest BCUT2D eigenvalue weighted by Gasteiger charge is 2.08. The molecule has 96 valence electrons. The SMILES string of the molecule is Cc1ccc(N(C)c2ccc(C#N)c(C)c2)c(C)c1. The maximum absolute atomic E-state index is 8.98. The zero-order valence-corrected chi connectivity index (χ0v) is 11.9. The molecule has 19 heavy (non-hydrogen) atoms. The van der Waals surface area contributed by atoms with E-state index in [1.807, 2.05) is 19.1 Å². The van der Waals surface area contributed by atoms with Crippen LogP contribution in [0.4, 0.5) is 11.4 Å². The molecule has 0 radical (unpaired) electrons. The summed E-state index contributed by atoms with van der Waals surface area (Å²) in [5, 5.41) is 8.98. The maximum Gasteiger partial charge on any atom is 0.0994 e. The molecule has 0 aliphatic heterocycles. The normalized spacial score (nSPS) is 10.1. The number of hydrogen-bond donors (Lipinski definition) is 0. The minimum Gasteiger partial charge on any atom is -0.344 e. The van der Waals surface area contributed by atoms with Crippen LogP contribution in [0, 0.1) is 32.1 Å². The number of hydrogen-bond acceptors (Lipinski definition) is 2. The summed E-state index contributed by atoms with van der Waals surface area (Å²) in [4.78, 5) is 2.16. The van der Waals surface area contributed by atoms with Gasteiger partial charge in [-0.3, -0.25) is 0 Å². The first-order chi connectivity index (χ1) is 9.02. The Morgan fingerprint density at radius 2 is 1.68 bits per heavy atom. The molecule has 0 heterocycles. The van der Waals surface area contributed by atoms with Crippen LogP contribution in [0.2, 0.25) is 0 Å². The summed E-state index contributed by atoms with van der Waals surface area (Å²) >= 11 is 0. The second-order valence-electron chi connectivity index (χ2n) is 4.96. The molecule has 0 amide bonds. The van der Waals surface area contributed by atoms with Gasteiger partial charge in [-0.2, -0.15) is 5.26 Å². The van der Waals surface area contributed by atoms with Crippen molar-refractivity contribution in [1.29, 1.82) is 5.26 Å². The van der Waals surface area contributed by atoms with Gasteiger partial charge in [0.25, 0.3) is 0 Å². The first kappa shape index (κ1) is 13.2. The molecule has 0 spiro atoms. The van der Waals surface area contributed by atoms with Crippen LogP contribution in [-0.2, 0) is 0 Å². The van der Waals surface area contributed by atoms with Crippen molar-refractivity contribution < 1.29 is 0 Å². The molecule has 0 aromatic heterocycles. The molecule has 0 unspecified atom stereocenters. The van der Waals surface area contributed by atoms with Gasteiger partial charge in [-0.05, 0) is 56.2 Å². The molecule has 0 saturated heterocycles. The topological polar surface area (TPSA) is 27.0 Å². The summed E-state index contributed by atoms with van der Waals surface area (Å²) in [6, 6.07) is 14.6. The van der Waals surface area contributed by atoms with Crippen LogP contribution in [-0.4, -0.2) is 7.05 Å². The molecule has 2 aromatic rings. The second kappa shape index (κ2) is 5.16. The van der Waals surface area contributed by atoms with Crippen molar-refractivity contribution in [3.63, 3.8) is 0 Å². The summed E-state index contributed by atoms with van der Waals surface area (Å²) in [6.45, 7) is 6.19. The number of nitriles is 1. The number of rotatable bonds is 2. The van der Waals surface area contributed by atoms with Gasteiger partial charge in [-0.25, -0.2) is 0 Å². The number of benzene rings is 2. The lowest BCUT2D eigenvalue weighted by Gasteiger charge is -2.22. The standard InChI is InChI=1S/C17H18N2/c1-12-5-8-17(14(3)9-12)19(4)16-7-6-15(11-18)13(2)10-16/h5-10H,1-4H3. The van der Waals surface area contributed by atoms with Crippen LogP contribution in [0.3, 0.4) is 0 Å². The van der Waals surface area contributed by atoms with Gasteiger partial charge in [0, 0.05) is 18.4 Å². The van der Waals surface area contributed by atoms with Crippen molar-refractivity contribution in [2.45, 2.75) is 20.8 Å². The molecule has 2 aromatic carbocycles. The number of aryl methyl sites for hydroxylation is 3. The summed E-state index contributed by atoms with van der Waals surface area (Å²) in [7, 11) is 2.05. The van der Waals surface area contributed by atoms with E-state index in [4.69, 9.17) is 5.26 Å². The zero-order valence-electron chi connectivity index (χ0n) is 11.9. The molecule has 0 N–H and O–H groups in total. The van der Waals surface area contributed by atoms with Crippen molar-refractivity contribution >= 4 is 11.4 Å². The Morgan fingerprint density at radius 1 is 0.947 bits per heavy atom. The Kier molecular flexibility index (Phi) is 3.57. The van der Waals surface area contributed by atoms with Crippen molar-refractivity contribution in [2.75, 3.05) is 11.9 Å². The molecule has 0 atom stereocenters. The van der Waals surface area contributed by atoms with Crippen molar-refractivity contribution in [1.82, 2.24) is 0 Å². The molecule has 2 heteroatoms. The first-order valence-electron chi connectivity index (χ1n) is 6.34. The van der Waals surface area contributed by atoms with E-state index in [1.165, 1.54) is 16.8 Å². The van der Waals surface area contributed by atoms with Gasteiger partial charge in [0.2, 0.25) is 0 Å². The van der Waals surface area contributed by atoms with E-state index in [0.29, 0.717) is 0 Å². The highest BCUT2D eigenvalue weighted by Crippen LogP contribution is 2.28. The van der Waals surface area contributed by atoms with Crippen LogP contribution < -0.4 is 4.90 Å². The van der Waals surface area contributed by atoms with E-state index in [0.717, 1.165) is 16.8 Å². The Morgan fingerprint density at radius 3 is 2.26 bits per heavy atom. The number of nitrogens with zero attached hydrogens (tertiary/aromatic N) is 2. The van der Waals surface area contributed by atoms with E-state index in [9.17, 15) is 0 Å². The quantitative estimate of drug-likeness (QED) is 0.796. The lowest BCUT2D eigenvalue weighted by Crippen LogP contribution is -2.11. The van der Waals surface area contributed by atoms with E-state index < -0.39 is 0 Å². The van der Waals surface area contributed by atoms with Crippen LogP contribution in [0.5, 0.6) is 0 Å². The highest BCUT2D eigenvalue weighted by molar-refractivity contribution is 5.67. The molecular weight excluding hydrogens is 232 g/mol. The summed E-state index contributed by atoms with van der Waals surface area (Å²) < 4.78 is 0. The smallest absolute Gasteiger partial charge is 0.0994 e. The highest BCUT2D eigenvalue weighted by atomic mass is 15.1. The summed E-state index contributed by atoms with van der Waals surface area (Å²) in [5.74, 6) is 0. The third kappa shape index (κ3) is 2.61. The Labute approximate surface area is 114 Å². The van der Waals surface area contributed by atoms with E-state index in [2.05, 4.69) is 56.1 Å². The minimum absolute atomic E-state index is 0.734. The predicted octanol–water partition coefficient (Wildman–Crippen LogP) is 4.25. The molecule has 0 bridgehead atoms. The summed E-state index contributed by atoms with van der Waals surface area (Å²) in [5.41, 5.74) is 6.56. The molecule has 0 aliphatic rings. The van der Waals surface area contributed by atoms with E-state index in [1.54, 1.807) is 0 Å². The first-order valence-corrected chi connectivity index (χ1v) is 6.34. The van der Waals surface area contributed by atoms with E-state index >= 15 is 0 Å². The Balaban J connectivity index is 2.41. The fourth-order valence-electron chi connectivity index (χ4n) is 2.30. The molecule has 0 saturated carbocycles. The molecule has 2 rings (SSSR count). The average Bonchev–Trinajstić information content (AvgIpc) is 2.38. The fraction of sp³-hybridized carbons (Fsp3) is 0.235. The maximum atomic E-state index is 8.98. The van der Waals surface area contributed by atoms with Gasteiger partial charge in [-0.15, -0.1) is 0 Å². The van der Waals surface area contributed by atoms with Crippen LogP contribution in [0.1, 0.15) is 22.3 Å². The molecule has 0 aliphatic carbocycles. The van der Waals surface area contributed by atoms with Gasteiger partial charge in [0.15, 0.2) is 0 Å². The monoisotopic (exact) mass is 250 g/mol. The lowest BCUT2D eigenvalue weighted by molar-refractivity contribution is 1.17. The fourth-order valence-corrected chi connectivity index (χ4v) is 2.30.